The van der Waals surface area contributed by atoms with Gasteiger partial charge in [0.2, 0.25) is 0 Å². The number of nitrogens with two attached hydrogens (primary N) is 2. The number of benzene rings is 1. The number of hydrazine groups is 1. The first kappa shape index (κ1) is 17.2. The molecule has 0 saturated carbocycles. The number of aromatic hydroxyl groups is 1. The molecule has 1 saturated heterocycles. The van der Waals surface area contributed by atoms with Gasteiger partial charge in [-0.05, 0) is 37.3 Å². The molecule has 2 heterocycles. The summed E-state index contributed by atoms with van der Waals surface area (Å²) in [5.74, 6) is 0.827. The number of hydrogen-bond acceptors (Lipinski definition) is 7. The molecule has 0 aromatic heterocycles. The maximum absolute atomic E-state index is 10.3. The van der Waals surface area contributed by atoms with Crippen molar-refractivity contribution in [2.75, 3.05) is 37.7 Å². The van der Waals surface area contributed by atoms with E-state index in [9.17, 15) is 5.11 Å². The second kappa shape index (κ2) is 7.96. The van der Waals surface area contributed by atoms with Crippen molar-refractivity contribution in [2.24, 2.45) is 11.5 Å². The van der Waals surface area contributed by atoms with Crippen molar-refractivity contribution in [2.45, 2.75) is 6.42 Å². The second-order valence-electron chi connectivity index (χ2n) is 6.12. The lowest BCUT2D eigenvalue weighted by atomic mass is 10.1. The lowest BCUT2D eigenvalue weighted by Crippen LogP contribution is -2.31. The lowest BCUT2D eigenvalue weighted by molar-refractivity contribution is 0.364. The number of anilines is 1. The first-order valence-electron chi connectivity index (χ1n) is 8.56. The molecule has 0 aliphatic carbocycles. The SMILES string of the molecule is N/C(=C\C=C(/N)N1CCCNCC1)c1ccc(N2C=CCN2)cc1O. The van der Waals surface area contributed by atoms with Gasteiger partial charge in [0, 0.05) is 49.7 Å². The van der Waals surface area contributed by atoms with Gasteiger partial charge >= 0.3 is 0 Å². The summed E-state index contributed by atoms with van der Waals surface area (Å²) >= 11 is 0. The van der Waals surface area contributed by atoms with Gasteiger partial charge in [0.1, 0.15) is 5.75 Å². The highest BCUT2D eigenvalue weighted by atomic mass is 16.3. The summed E-state index contributed by atoms with van der Waals surface area (Å²) < 4.78 is 0. The van der Waals surface area contributed by atoms with Crippen LogP contribution in [-0.2, 0) is 0 Å². The standard InChI is InChI=1S/C18H26N6O/c19-16(5-6-18(20)23-10-1-7-21-9-12-23)15-4-3-14(13-17(15)25)24-11-2-8-22-24/h2-6,11,13,21-22,25H,1,7-10,12,19-20H2/b16-5-,18-6+. The molecule has 1 aromatic rings. The van der Waals surface area contributed by atoms with Crippen LogP contribution in [0.3, 0.4) is 0 Å². The highest BCUT2D eigenvalue weighted by Gasteiger charge is 2.11. The minimum Gasteiger partial charge on any atom is -0.507 e. The molecule has 0 radical (unpaired) electrons. The number of phenolic OH excluding ortho intramolecular Hbond substituents is 1. The van der Waals surface area contributed by atoms with Crippen molar-refractivity contribution in [3.05, 3.63) is 54.0 Å². The minimum atomic E-state index is 0.138. The third kappa shape index (κ3) is 4.26. The number of hydrogen-bond donors (Lipinski definition) is 5. The van der Waals surface area contributed by atoms with Gasteiger partial charge in [0.25, 0.3) is 0 Å². The minimum absolute atomic E-state index is 0.138. The zero-order chi connectivity index (χ0) is 17.6. The van der Waals surface area contributed by atoms with Crippen molar-refractivity contribution in [3.63, 3.8) is 0 Å². The third-order valence-corrected chi connectivity index (χ3v) is 4.34. The second-order valence-corrected chi connectivity index (χ2v) is 6.12. The van der Waals surface area contributed by atoms with Crippen LogP contribution in [0.1, 0.15) is 12.0 Å². The third-order valence-electron chi connectivity index (χ3n) is 4.34. The molecule has 7 nitrogen and oxygen atoms in total. The van der Waals surface area contributed by atoms with Crippen LogP contribution in [0.4, 0.5) is 5.69 Å². The largest absolute Gasteiger partial charge is 0.507 e. The van der Waals surface area contributed by atoms with E-state index < -0.39 is 0 Å². The number of nitrogens with zero attached hydrogens (tertiary/aromatic N) is 2. The molecule has 1 aromatic carbocycles. The molecule has 1 fully saturated rings. The Morgan fingerprint density at radius 3 is 2.80 bits per heavy atom. The molecule has 7 heteroatoms. The van der Waals surface area contributed by atoms with E-state index in [1.54, 1.807) is 18.2 Å². The Labute approximate surface area is 148 Å². The maximum Gasteiger partial charge on any atom is 0.127 e. The summed E-state index contributed by atoms with van der Waals surface area (Å²) in [5, 5.41) is 15.5. The van der Waals surface area contributed by atoms with Crippen molar-refractivity contribution in [3.8, 4) is 5.75 Å². The quantitative estimate of drug-likeness (QED) is 0.511. The molecule has 25 heavy (non-hydrogen) atoms. The van der Waals surface area contributed by atoms with Gasteiger partial charge < -0.3 is 26.8 Å². The van der Waals surface area contributed by atoms with Crippen LogP contribution < -0.4 is 27.2 Å². The predicted molar refractivity (Wildman–Crippen MR) is 101 cm³/mol. The maximum atomic E-state index is 10.3. The van der Waals surface area contributed by atoms with Crippen LogP contribution in [0.5, 0.6) is 5.75 Å². The van der Waals surface area contributed by atoms with Gasteiger partial charge in [-0.25, -0.2) is 5.43 Å². The lowest BCUT2D eigenvalue weighted by Gasteiger charge is -2.21. The first-order valence-corrected chi connectivity index (χ1v) is 8.56. The van der Waals surface area contributed by atoms with Gasteiger partial charge in [-0.15, -0.1) is 0 Å². The Kier molecular flexibility index (Phi) is 5.47. The van der Waals surface area contributed by atoms with E-state index in [4.69, 9.17) is 11.5 Å². The number of phenols is 1. The highest BCUT2D eigenvalue weighted by Crippen LogP contribution is 2.28. The number of allylic oxidation sites excluding steroid dienone is 2. The summed E-state index contributed by atoms with van der Waals surface area (Å²) in [5.41, 5.74) is 17.4. The normalized spacial score (nSPS) is 19.4. The van der Waals surface area contributed by atoms with E-state index in [1.807, 2.05) is 29.4 Å². The Morgan fingerprint density at radius 1 is 1.16 bits per heavy atom. The highest BCUT2D eigenvalue weighted by molar-refractivity contribution is 5.72. The fourth-order valence-electron chi connectivity index (χ4n) is 2.93. The zero-order valence-corrected chi connectivity index (χ0v) is 14.3. The van der Waals surface area contributed by atoms with Gasteiger partial charge in [0.05, 0.1) is 11.5 Å². The topological polar surface area (TPSA) is 103 Å². The smallest absolute Gasteiger partial charge is 0.127 e. The van der Waals surface area contributed by atoms with Crippen LogP contribution in [-0.4, -0.2) is 42.7 Å². The molecule has 0 amide bonds. The summed E-state index contributed by atoms with van der Waals surface area (Å²) in [7, 11) is 0. The van der Waals surface area contributed by atoms with Crippen LogP contribution in [0.15, 0.2) is 48.4 Å². The first-order chi connectivity index (χ1) is 12.1. The summed E-state index contributed by atoms with van der Waals surface area (Å²) in [6, 6.07) is 5.41. The molecule has 0 atom stereocenters. The molecule has 134 valence electrons. The van der Waals surface area contributed by atoms with E-state index in [0.717, 1.165) is 44.8 Å². The van der Waals surface area contributed by atoms with E-state index in [-0.39, 0.29) is 5.75 Å². The van der Waals surface area contributed by atoms with Crippen molar-refractivity contribution < 1.29 is 5.11 Å². The van der Waals surface area contributed by atoms with E-state index in [0.29, 0.717) is 17.1 Å². The molecule has 0 bridgehead atoms. The molecule has 3 rings (SSSR count). The van der Waals surface area contributed by atoms with E-state index in [1.165, 1.54) is 0 Å². The van der Waals surface area contributed by atoms with Gasteiger partial charge in [-0.1, -0.05) is 6.08 Å². The van der Waals surface area contributed by atoms with Gasteiger partial charge in [-0.3, -0.25) is 5.01 Å². The molecule has 2 aliphatic rings. The molecule has 0 unspecified atom stereocenters. The van der Waals surface area contributed by atoms with Crippen molar-refractivity contribution >= 4 is 11.4 Å². The van der Waals surface area contributed by atoms with Gasteiger partial charge in [-0.2, -0.15) is 0 Å². The Bertz CT molecular complexity index is 689. The fraction of sp³-hybridized carbons (Fsp3) is 0.333. The van der Waals surface area contributed by atoms with Crippen molar-refractivity contribution in [1.29, 1.82) is 0 Å². The van der Waals surface area contributed by atoms with Crippen LogP contribution in [0.2, 0.25) is 0 Å². The van der Waals surface area contributed by atoms with E-state index >= 15 is 0 Å². The Morgan fingerprint density at radius 2 is 2.04 bits per heavy atom. The summed E-state index contributed by atoms with van der Waals surface area (Å²) in [6.45, 7) is 4.53. The van der Waals surface area contributed by atoms with Crippen LogP contribution in [0, 0.1) is 0 Å². The average Bonchev–Trinajstić information content (AvgIpc) is 3.01. The van der Waals surface area contributed by atoms with Crippen molar-refractivity contribution in [1.82, 2.24) is 15.6 Å². The summed E-state index contributed by atoms with van der Waals surface area (Å²) in [4.78, 5) is 2.14. The molecular weight excluding hydrogens is 316 g/mol. The van der Waals surface area contributed by atoms with E-state index in [2.05, 4.69) is 15.6 Å². The van der Waals surface area contributed by atoms with Crippen LogP contribution >= 0.6 is 0 Å². The van der Waals surface area contributed by atoms with Crippen LogP contribution in [0.25, 0.3) is 5.70 Å². The summed E-state index contributed by atoms with van der Waals surface area (Å²) in [6.07, 6.45) is 8.54. The number of nitrogens with one attached hydrogen (secondary N) is 2. The average molecular weight is 342 g/mol. The van der Waals surface area contributed by atoms with Gasteiger partial charge in [0.15, 0.2) is 0 Å². The molecule has 0 spiro atoms. The Balaban J connectivity index is 1.72. The predicted octanol–water partition coefficient (Wildman–Crippen LogP) is 0.625. The monoisotopic (exact) mass is 342 g/mol. The molecule has 2 aliphatic heterocycles. The Hall–Kier alpha value is -2.64. The molecule has 7 N–H and O–H groups in total. The zero-order valence-electron chi connectivity index (χ0n) is 14.3. The molecular formula is C18H26N6O. The number of rotatable bonds is 4. The fourth-order valence-corrected chi connectivity index (χ4v) is 2.93.